The van der Waals surface area contributed by atoms with Gasteiger partial charge in [0.15, 0.2) is 11.3 Å². The number of benzene rings is 1. The number of fused-ring (bicyclic) bond motifs is 1. The third kappa shape index (κ3) is 2.86. The zero-order chi connectivity index (χ0) is 15.6. The maximum atomic E-state index is 11.9. The highest BCUT2D eigenvalue weighted by atomic mass is 16.5. The summed E-state index contributed by atoms with van der Waals surface area (Å²) in [7, 11) is 1.43. The van der Waals surface area contributed by atoms with Crippen LogP contribution in [0.5, 0.6) is 5.75 Å². The van der Waals surface area contributed by atoms with Gasteiger partial charge in [0.1, 0.15) is 11.6 Å². The molecule has 0 fully saturated rings. The van der Waals surface area contributed by atoms with Gasteiger partial charge in [-0.15, -0.1) is 0 Å². The lowest BCUT2D eigenvalue weighted by Gasteiger charge is -2.09. The Kier molecular flexibility index (Phi) is 3.93. The fourth-order valence-corrected chi connectivity index (χ4v) is 1.77. The lowest BCUT2D eigenvalue weighted by atomic mass is 10.1. The Morgan fingerprint density at radius 2 is 2.10 bits per heavy atom. The van der Waals surface area contributed by atoms with E-state index in [2.05, 4.69) is 5.32 Å². The molecule has 1 aromatic heterocycles. The summed E-state index contributed by atoms with van der Waals surface area (Å²) in [6, 6.07) is 5.18. The molecule has 2 N–H and O–H groups in total. The van der Waals surface area contributed by atoms with Crippen LogP contribution in [0.3, 0.4) is 0 Å². The minimum absolute atomic E-state index is 0.229. The van der Waals surface area contributed by atoms with E-state index in [4.69, 9.17) is 14.3 Å². The third-order valence-electron chi connectivity index (χ3n) is 2.91. The first-order valence-electron chi connectivity index (χ1n) is 6.08. The molecule has 21 heavy (non-hydrogen) atoms. The molecule has 0 aliphatic heterocycles. The predicted octanol–water partition coefficient (Wildman–Crippen LogP) is 1.00. The summed E-state index contributed by atoms with van der Waals surface area (Å²) in [4.78, 5) is 34.5. The first-order valence-corrected chi connectivity index (χ1v) is 6.08. The summed E-state index contributed by atoms with van der Waals surface area (Å²) in [5, 5.41) is 11.5. The lowest BCUT2D eigenvalue weighted by molar-refractivity contribution is -0.138. The number of methoxy groups -OCH3 is 1. The van der Waals surface area contributed by atoms with Gasteiger partial charge < -0.3 is 19.6 Å². The molecule has 1 amide bonds. The molecule has 0 saturated carbocycles. The maximum absolute atomic E-state index is 11.9. The lowest BCUT2D eigenvalue weighted by Crippen LogP contribution is -2.40. The van der Waals surface area contributed by atoms with Crippen LogP contribution in [0.25, 0.3) is 11.0 Å². The highest BCUT2D eigenvalue weighted by Crippen LogP contribution is 2.24. The van der Waals surface area contributed by atoms with Crippen molar-refractivity contribution < 1.29 is 23.8 Å². The summed E-state index contributed by atoms with van der Waals surface area (Å²) in [6.45, 7) is 1.30. The number of carboxylic acids is 1. The van der Waals surface area contributed by atoms with Crippen molar-refractivity contribution in [2.45, 2.75) is 13.0 Å². The highest BCUT2D eigenvalue weighted by molar-refractivity contribution is 5.99. The minimum Gasteiger partial charge on any atom is -0.493 e. The van der Waals surface area contributed by atoms with E-state index in [1.54, 1.807) is 18.2 Å². The Hall–Kier alpha value is -2.83. The molecule has 1 aromatic carbocycles. The Bertz CT molecular complexity index is 764. The summed E-state index contributed by atoms with van der Waals surface area (Å²) < 4.78 is 10.2. The molecule has 2 aromatic rings. The Morgan fingerprint density at radius 1 is 1.38 bits per heavy atom. The van der Waals surface area contributed by atoms with Gasteiger partial charge in [0.2, 0.25) is 0 Å². The van der Waals surface area contributed by atoms with Crippen LogP contribution < -0.4 is 15.7 Å². The van der Waals surface area contributed by atoms with Gasteiger partial charge >= 0.3 is 11.6 Å². The van der Waals surface area contributed by atoms with Crippen molar-refractivity contribution in [1.82, 2.24) is 5.32 Å². The molecule has 0 aliphatic rings. The van der Waals surface area contributed by atoms with E-state index < -0.39 is 23.5 Å². The molecule has 0 aliphatic carbocycles. The Morgan fingerprint density at radius 3 is 2.71 bits per heavy atom. The van der Waals surface area contributed by atoms with Gasteiger partial charge in [-0.2, -0.15) is 0 Å². The van der Waals surface area contributed by atoms with Crippen LogP contribution in [0, 0.1) is 0 Å². The molecule has 0 spiro atoms. The van der Waals surface area contributed by atoms with Gasteiger partial charge in [0.25, 0.3) is 5.91 Å². The zero-order valence-electron chi connectivity index (χ0n) is 11.4. The smallest absolute Gasteiger partial charge is 0.349 e. The van der Waals surface area contributed by atoms with Gasteiger partial charge in [0.05, 0.1) is 7.11 Å². The zero-order valence-corrected chi connectivity index (χ0v) is 11.4. The van der Waals surface area contributed by atoms with E-state index >= 15 is 0 Å². The summed E-state index contributed by atoms with van der Waals surface area (Å²) in [6.07, 6.45) is 0. The molecule has 0 radical (unpaired) electrons. The summed E-state index contributed by atoms with van der Waals surface area (Å²) in [5.41, 5.74) is -0.890. The molecular weight excluding hydrogens is 278 g/mol. The van der Waals surface area contributed by atoms with E-state index in [0.29, 0.717) is 11.1 Å². The summed E-state index contributed by atoms with van der Waals surface area (Å²) >= 11 is 0. The molecule has 1 heterocycles. The number of nitrogens with one attached hydrogen (secondary N) is 1. The van der Waals surface area contributed by atoms with E-state index in [1.165, 1.54) is 20.1 Å². The van der Waals surface area contributed by atoms with Crippen molar-refractivity contribution in [3.05, 3.63) is 40.2 Å². The average Bonchev–Trinajstić information content (AvgIpc) is 2.45. The van der Waals surface area contributed by atoms with E-state index in [1.807, 2.05) is 0 Å². The topological polar surface area (TPSA) is 106 Å². The van der Waals surface area contributed by atoms with Crippen molar-refractivity contribution in [2.75, 3.05) is 7.11 Å². The fraction of sp³-hybridized carbons (Fsp3) is 0.214. The number of carbonyl (C=O) groups excluding carboxylic acids is 1. The number of amides is 1. The molecule has 7 nitrogen and oxygen atoms in total. The van der Waals surface area contributed by atoms with Crippen LogP contribution in [0.1, 0.15) is 17.3 Å². The summed E-state index contributed by atoms with van der Waals surface area (Å²) in [5.74, 6) is -1.63. The predicted molar refractivity (Wildman–Crippen MR) is 73.6 cm³/mol. The van der Waals surface area contributed by atoms with E-state index in [9.17, 15) is 14.4 Å². The highest BCUT2D eigenvalue weighted by Gasteiger charge is 2.19. The maximum Gasteiger partial charge on any atom is 0.349 e. The molecule has 1 atom stereocenters. The fourth-order valence-electron chi connectivity index (χ4n) is 1.77. The largest absolute Gasteiger partial charge is 0.493 e. The SMILES string of the molecule is COc1cccc2cc(C(=O)N[C@@H](C)C(=O)O)c(=O)oc12. The number of carboxylic acid groups (broad SMARTS) is 1. The van der Waals surface area contributed by atoms with Crippen LogP contribution in [0.2, 0.25) is 0 Å². The standard InChI is InChI=1S/C14H13NO6/c1-7(13(17)18)15-12(16)9-6-8-4-3-5-10(20-2)11(8)21-14(9)19/h3-7H,1-2H3,(H,15,16)(H,17,18)/t7-/m0/s1. The quantitative estimate of drug-likeness (QED) is 0.814. The minimum atomic E-state index is -1.20. The van der Waals surface area contributed by atoms with Crippen molar-refractivity contribution >= 4 is 22.8 Å². The van der Waals surface area contributed by atoms with Crippen LogP contribution in [0.4, 0.5) is 0 Å². The van der Waals surface area contributed by atoms with E-state index in [0.717, 1.165) is 0 Å². The second kappa shape index (κ2) is 5.66. The third-order valence-corrected chi connectivity index (χ3v) is 2.91. The number of rotatable bonds is 4. The Labute approximate surface area is 119 Å². The number of hydrogen-bond acceptors (Lipinski definition) is 5. The number of hydrogen-bond donors (Lipinski definition) is 2. The van der Waals surface area contributed by atoms with Gasteiger partial charge in [-0.1, -0.05) is 12.1 Å². The molecule has 7 heteroatoms. The molecule has 0 saturated heterocycles. The van der Waals surface area contributed by atoms with Crippen LogP contribution in [-0.2, 0) is 4.79 Å². The van der Waals surface area contributed by atoms with Crippen molar-refractivity contribution in [3.63, 3.8) is 0 Å². The first-order chi connectivity index (χ1) is 9.93. The van der Waals surface area contributed by atoms with Gasteiger partial charge in [-0.05, 0) is 19.1 Å². The molecule has 0 bridgehead atoms. The van der Waals surface area contributed by atoms with Gasteiger partial charge in [-0.3, -0.25) is 9.59 Å². The van der Waals surface area contributed by atoms with Crippen molar-refractivity contribution in [3.8, 4) is 5.75 Å². The van der Waals surface area contributed by atoms with Gasteiger partial charge in [-0.25, -0.2) is 4.79 Å². The molecule has 2 rings (SSSR count). The number of aliphatic carboxylic acids is 1. The normalized spacial score (nSPS) is 11.9. The second-order valence-electron chi connectivity index (χ2n) is 4.36. The number of para-hydroxylation sites is 1. The van der Waals surface area contributed by atoms with E-state index in [-0.39, 0.29) is 11.1 Å². The van der Waals surface area contributed by atoms with Gasteiger partial charge in [0, 0.05) is 5.39 Å². The first kappa shape index (κ1) is 14.6. The number of carbonyl (C=O) groups is 2. The van der Waals surface area contributed by atoms with Crippen molar-refractivity contribution in [2.24, 2.45) is 0 Å². The molecule has 110 valence electrons. The number of ether oxygens (including phenoxy) is 1. The second-order valence-corrected chi connectivity index (χ2v) is 4.36. The average molecular weight is 291 g/mol. The van der Waals surface area contributed by atoms with Crippen LogP contribution in [-0.4, -0.2) is 30.1 Å². The monoisotopic (exact) mass is 291 g/mol. The molecule has 0 unspecified atom stereocenters. The van der Waals surface area contributed by atoms with Crippen LogP contribution >= 0.6 is 0 Å². The van der Waals surface area contributed by atoms with Crippen molar-refractivity contribution in [1.29, 1.82) is 0 Å². The molecular formula is C14H13NO6. The van der Waals surface area contributed by atoms with Crippen LogP contribution in [0.15, 0.2) is 33.5 Å². The Balaban J connectivity index is 2.46.